The van der Waals surface area contributed by atoms with Crippen molar-refractivity contribution in [2.24, 2.45) is 5.10 Å². The average Bonchev–Trinajstić information content (AvgIpc) is 2.80. The van der Waals surface area contributed by atoms with Crippen molar-refractivity contribution in [1.82, 2.24) is 9.66 Å². The average molecular weight is 492 g/mol. The Labute approximate surface area is 191 Å². The number of halogens is 1. The second-order valence-electron chi connectivity index (χ2n) is 6.97. The van der Waals surface area contributed by atoms with Gasteiger partial charge in [0.15, 0.2) is 11.9 Å². The van der Waals surface area contributed by atoms with Gasteiger partial charge in [-0.1, -0.05) is 42.5 Å². The van der Waals surface area contributed by atoms with E-state index in [4.69, 9.17) is 9.84 Å². The molecular formula is C24H18BrN3O4. The second kappa shape index (κ2) is 9.15. The lowest BCUT2D eigenvalue weighted by Crippen LogP contribution is -2.23. The van der Waals surface area contributed by atoms with Crippen LogP contribution in [0.3, 0.4) is 0 Å². The molecule has 0 bridgehead atoms. The summed E-state index contributed by atoms with van der Waals surface area (Å²) in [7, 11) is 0. The zero-order valence-electron chi connectivity index (χ0n) is 17.0. The van der Waals surface area contributed by atoms with Gasteiger partial charge >= 0.3 is 5.97 Å². The summed E-state index contributed by atoms with van der Waals surface area (Å²) in [4.78, 5) is 28.9. The molecule has 8 heteroatoms. The van der Waals surface area contributed by atoms with Gasteiger partial charge in [-0.25, -0.2) is 9.78 Å². The molecule has 0 aliphatic heterocycles. The van der Waals surface area contributed by atoms with Crippen LogP contribution in [0.25, 0.3) is 22.3 Å². The number of benzene rings is 3. The van der Waals surface area contributed by atoms with E-state index in [1.165, 1.54) is 11.6 Å². The van der Waals surface area contributed by atoms with Crippen LogP contribution in [0.2, 0.25) is 0 Å². The summed E-state index contributed by atoms with van der Waals surface area (Å²) >= 11 is 3.39. The molecule has 160 valence electrons. The molecule has 0 amide bonds. The highest BCUT2D eigenvalue weighted by Crippen LogP contribution is 2.26. The summed E-state index contributed by atoms with van der Waals surface area (Å²) in [5.74, 6) is -0.231. The molecule has 0 radical (unpaired) electrons. The second-order valence-corrected chi connectivity index (χ2v) is 7.82. The number of hydrogen-bond acceptors (Lipinski definition) is 5. The molecule has 4 rings (SSSR count). The Morgan fingerprint density at radius 1 is 1.12 bits per heavy atom. The lowest BCUT2D eigenvalue weighted by atomic mass is 10.2. The minimum atomic E-state index is -1.06. The van der Waals surface area contributed by atoms with Gasteiger partial charge in [-0.15, -0.1) is 0 Å². The Bertz CT molecular complexity index is 1380. The number of para-hydroxylation sites is 1. The summed E-state index contributed by atoms with van der Waals surface area (Å²) in [6.45, 7) is 1.45. The number of hydrogen-bond donors (Lipinski definition) is 1. The number of aromatic nitrogens is 2. The van der Waals surface area contributed by atoms with Gasteiger partial charge in [0.2, 0.25) is 0 Å². The molecule has 32 heavy (non-hydrogen) atoms. The van der Waals surface area contributed by atoms with Gasteiger partial charge < -0.3 is 9.84 Å². The van der Waals surface area contributed by atoms with Gasteiger partial charge in [0, 0.05) is 5.56 Å². The molecule has 7 nitrogen and oxygen atoms in total. The number of fused-ring (bicyclic) bond motifs is 1. The normalized spacial score (nSPS) is 12.2. The fourth-order valence-electron chi connectivity index (χ4n) is 3.06. The highest BCUT2D eigenvalue weighted by atomic mass is 79.9. The number of carboxylic acids is 1. The molecule has 3 aromatic carbocycles. The van der Waals surface area contributed by atoms with E-state index in [1.54, 1.807) is 42.6 Å². The summed E-state index contributed by atoms with van der Waals surface area (Å²) in [6.07, 6.45) is 0.556. The number of aliphatic carboxylic acids is 1. The molecule has 0 fully saturated rings. The molecule has 0 aliphatic rings. The van der Waals surface area contributed by atoms with Crippen LogP contribution in [0, 0.1) is 0 Å². The van der Waals surface area contributed by atoms with Crippen LogP contribution >= 0.6 is 15.9 Å². The minimum Gasteiger partial charge on any atom is -0.479 e. The zero-order chi connectivity index (χ0) is 22.7. The number of carbonyl (C=O) groups is 1. The maximum Gasteiger partial charge on any atom is 0.344 e. The third-order valence-corrected chi connectivity index (χ3v) is 5.34. The van der Waals surface area contributed by atoms with Crippen LogP contribution in [0.1, 0.15) is 12.5 Å². The van der Waals surface area contributed by atoms with E-state index >= 15 is 0 Å². The largest absolute Gasteiger partial charge is 0.479 e. The lowest BCUT2D eigenvalue weighted by molar-refractivity contribution is -0.144. The van der Waals surface area contributed by atoms with Crippen molar-refractivity contribution in [2.45, 2.75) is 13.0 Å². The fourth-order valence-corrected chi connectivity index (χ4v) is 3.55. The number of nitrogens with zero attached hydrogens (tertiary/aromatic N) is 3. The molecule has 4 aromatic rings. The van der Waals surface area contributed by atoms with E-state index in [0.29, 0.717) is 32.5 Å². The standard InChI is InChI=1S/C24H18BrN3O4/c1-15(24(30)31)32-21-12-11-16(13-19(21)25)14-26-28-22(17-7-3-2-4-8-17)27-20-10-6-5-9-18(20)23(28)29/h2-15H,1H3,(H,30,31)/t15-/m0/s1. The van der Waals surface area contributed by atoms with E-state index in [1.807, 2.05) is 36.4 Å². The molecule has 1 aromatic heterocycles. The summed E-state index contributed by atoms with van der Waals surface area (Å²) in [5.41, 5.74) is 1.77. The van der Waals surface area contributed by atoms with Gasteiger partial charge in [-0.05, 0) is 58.7 Å². The Kier molecular flexibility index (Phi) is 6.13. The van der Waals surface area contributed by atoms with Crippen LogP contribution in [0.4, 0.5) is 0 Å². The summed E-state index contributed by atoms with van der Waals surface area (Å²) in [5, 5.41) is 13.9. The van der Waals surface area contributed by atoms with Crippen molar-refractivity contribution >= 4 is 39.0 Å². The zero-order valence-corrected chi connectivity index (χ0v) is 18.6. The predicted octanol–water partition coefficient (Wildman–Crippen LogP) is 4.56. The van der Waals surface area contributed by atoms with Gasteiger partial charge in [0.1, 0.15) is 5.75 Å². The quantitative estimate of drug-likeness (QED) is 0.399. The molecule has 0 saturated carbocycles. The van der Waals surface area contributed by atoms with Crippen molar-refractivity contribution in [2.75, 3.05) is 0 Å². The van der Waals surface area contributed by atoms with E-state index in [9.17, 15) is 9.59 Å². The molecule has 0 aliphatic carbocycles. The lowest BCUT2D eigenvalue weighted by Gasteiger charge is -2.12. The predicted molar refractivity (Wildman–Crippen MR) is 126 cm³/mol. The highest BCUT2D eigenvalue weighted by molar-refractivity contribution is 9.10. The van der Waals surface area contributed by atoms with Gasteiger partial charge in [0.05, 0.1) is 21.6 Å². The first kappa shape index (κ1) is 21.5. The first-order valence-corrected chi connectivity index (χ1v) is 10.5. The van der Waals surface area contributed by atoms with E-state index in [-0.39, 0.29) is 5.56 Å². The van der Waals surface area contributed by atoms with Crippen molar-refractivity contribution in [3.8, 4) is 17.1 Å². The Hall–Kier alpha value is -3.78. The fraction of sp³-hybridized carbons (Fsp3) is 0.0833. The van der Waals surface area contributed by atoms with Crippen molar-refractivity contribution in [3.05, 3.63) is 93.2 Å². The van der Waals surface area contributed by atoms with E-state index < -0.39 is 12.1 Å². The van der Waals surface area contributed by atoms with Gasteiger partial charge in [0.25, 0.3) is 5.56 Å². The van der Waals surface area contributed by atoms with Crippen LogP contribution in [0.5, 0.6) is 5.75 Å². The molecule has 1 N–H and O–H groups in total. The molecule has 0 spiro atoms. The minimum absolute atomic E-state index is 0.278. The van der Waals surface area contributed by atoms with Crippen molar-refractivity contribution in [3.63, 3.8) is 0 Å². The van der Waals surface area contributed by atoms with Crippen LogP contribution in [0.15, 0.2) is 87.2 Å². The highest BCUT2D eigenvalue weighted by Gasteiger charge is 2.15. The maximum absolute atomic E-state index is 13.2. The summed E-state index contributed by atoms with van der Waals surface area (Å²) in [6, 6.07) is 21.6. The van der Waals surface area contributed by atoms with Crippen molar-refractivity contribution < 1.29 is 14.6 Å². The topological polar surface area (TPSA) is 93.8 Å². The van der Waals surface area contributed by atoms with Crippen molar-refractivity contribution in [1.29, 1.82) is 0 Å². The first-order chi connectivity index (χ1) is 15.4. The van der Waals surface area contributed by atoms with E-state index in [2.05, 4.69) is 26.0 Å². The molecular weight excluding hydrogens is 474 g/mol. The van der Waals surface area contributed by atoms with Gasteiger partial charge in [-0.2, -0.15) is 9.78 Å². The number of carboxylic acid groups (broad SMARTS) is 1. The van der Waals surface area contributed by atoms with Gasteiger partial charge in [-0.3, -0.25) is 4.79 Å². The molecule has 0 saturated heterocycles. The molecule has 1 atom stereocenters. The Morgan fingerprint density at radius 2 is 1.84 bits per heavy atom. The monoisotopic (exact) mass is 491 g/mol. The molecule has 0 unspecified atom stereocenters. The van der Waals surface area contributed by atoms with Crippen LogP contribution in [-0.2, 0) is 4.79 Å². The number of rotatable bonds is 6. The Morgan fingerprint density at radius 3 is 2.56 bits per heavy atom. The van der Waals surface area contributed by atoms with Crippen LogP contribution in [-0.4, -0.2) is 33.1 Å². The maximum atomic E-state index is 13.2. The third kappa shape index (κ3) is 4.45. The Balaban J connectivity index is 1.75. The van der Waals surface area contributed by atoms with E-state index in [0.717, 1.165) is 5.56 Å². The number of ether oxygens (including phenoxy) is 1. The smallest absolute Gasteiger partial charge is 0.344 e. The molecule has 1 heterocycles. The first-order valence-electron chi connectivity index (χ1n) is 9.74. The SMILES string of the molecule is C[C@H](Oc1ccc(C=Nn2c(-c3ccccc3)nc3ccccc3c2=O)cc1Br)C(=O)O. The summed E-state index contributed by atoms with van der Waals surface area (Å²) < 4.78 is 7.26. The third-order valence-electron chi connectivity index (χ3n) is 4.72. The van der Waals surface area contributed by atoms with Crippen LogP contribution < -0.4 is 10.3 Å².